The van der Waals surface area contributed by atoms with Gasteiger partial charge in [-0.1, -0.05) is 12.1 Å². The molecular weight excluding hydrogens is 357 g/mol. The van der Waals surface area contributed by atoms with Crippen molar-refractivity contribution >= 4 is 21.5 Å². The molecule has 3 N–H and O–H groups in total. The number of ether oxygens (including phenoxy) is 1. The molecule has 140 valence electrons. The highest BCUT2D eigenvalue weighted by molar-refractivity contribution is 7.91. The van der Waals surface area contributed by atoms with Gasteiger partial charge in [-0.2, -0.15) is 0 Å². The minimum absolute atomic E-state index is 0.0752. The predicted octanol–water partition coefficient (Wildman–Crippen LogP) is 2.81. The van der Waals surface area contributed by atoms with Crippen molar-refractivity contribution < 1.29 is 17.5 Å². The average molecular weight is 379 g/mol. The Morgan fingerprint density at radius 2 is 1.85 bits per heavy atom. The van der Waals surface area contributed by atoms with Crippen molar-refractivity contribution in [2.75, 3.05) is 17.6 Å². The smallest absolute Gasteiger partial charge is 0.193 e. The van der Waals surface area contributed by atoms with E-state index >= 15 is 0 Å². The maximum absolute atomic E-state index is 13.6. The first kappa shape index (κ1) is 19.7. The van der Waals surface area contributed by atoms with Gasteiger partial charge in [0.2, 0.25) is 0 Å². The van der Waals surface area contributed by atoms with Gasteiger partial charge in [0.1, 0.15) is 16.5 Å². The number of nitrogens with one attached hydrogen (secondary N) is 1. The van der Waals surface area contributed by atoms with Gasteiger partial charge in [-0.3, -0.25) is 4.99 Å². The van der Waals surface area contributed by atoms with Gasteiger partial charge in [0.25, 0.3) is 0 Å². The van der Waals surface area contributed by atoms with Gasteiger partial charge >= 0.3 is 0 Å². The molecule has 0 radical (unpaired) electrons. The summed E-state index contributed by atoms with van der Waals surface area (Å²) in [6, 6.07) is 12.4. The van der Waals surface area contributed by atoms with Crippen molar-refractivity contribution in [3.05, 3.63) is 54.3 Å². The van der Waals surface area contributed by atoms with Gasteiger partial charge in [0, 0.05) is 5.69 Å². The normalized spacial score (nSPS) is 12.2. The van der Waals surface area contributed by atoms with E-state index in [1.807, 2.05) is 13.8 Å². The fourth-order valence-corrected chi connectivity index (χ4v) is 3.37. The summed E-state index contributed by atoms with van der Waals surface area (Å²) in [5.41, 5.74) is 6.45. The highest BCUT2D eigenvalue weighted by Gasteiger charge is 2.18. The van der Waals surface area contributed by atoms with Gasteiger partial charge in [0.15, 0.2) is 15.8 Å². The number of rotatable bonds is 7. The quantitative estimate of drug-likeness (QED) is 0.570. The van der Waals surface area contributed by atoms with E-state index in [0.29, 0.717) is 5.69 Å². The zero-order valence-electron chi connectivity index (χ0n) is 14.6. The molecule has 0 bridgehead atoms. The van der Waals surface area contributed by atoms with E-state index in [0.717, 1.165) is 11.8 Å². The number of hydrogen-bond acceptors (Lipinski definition) is 4. The molecule has 0 saturated heterocycles. The summed E-state index contributed by atoms with van der Waals surface area (Å²) < 4.78 is 43.4. The molecule has 8 heteroatoms. The molecule has 0 unspecified atom stereocenters. The number of anilines is 1. The highest BCUT2D eigenvalue weighted by atomic mass is 32.2. The number of aliphatic imine (C=N–C) groups is 1. The SMILES string of the molecule is CC(C)Oc1ccc(NC(N)=NCCS(=O)(=O)c2ccccc2F)cc1. The van der Waals surface area contributed by atoms with Gasteiger partial charge in [-0.15, -0.1) is 0 Å². The lowest BCUT2D eigenvalue weighted by Gasteiger charge is -2.11. The van der Waals surface area contributed by atoms with Crippen LogP contribution in [0.15, 0.2) is 58.4 Å². The Bertz CT molecular complexity index is 866. The van der Waals surface area contributed by atoms with E-state index in [1.165, 1.54) is 18.2 Å². The van der Waals surface area contributed by atoms with E-state index in [1.54, 1.807) is 24.3 Å². The lowest BCUT2D eigenvalue weighted by atomic mass is 10.3. The van der Waals surface area contributed by atoms with Crippen molar-refractivity contribution in [1.82, 2.24) is 0 Å². The Balaban J connectivity index is 1.93. The molecule has 0 amide bonds. The van der Waals surface area contributed by atoms with Crippen LogP contribution < -0.4 is 15.8 Å². The Morgan fingerprint density at radius 1 is 1.19 bits per heavy atom. The molecule has 26 heavy (non-hydrogen) atoms. The molecule has 0 atom stereocenters. The van der Waals surface area contributed by atoms with Crippen LogP contribution in [-0.2, 0) is 9.84 Å². The van der Waals surface area contributed by atoms with Crippen LogP contribution in [0.5, 0.6) is 5.75 Å². The number of hydrogen-bond donors (Lipinski definition) is 2. The minimum Gasteiger partial charge on any atom is -0.491 e. The zero-order valence-corrected chi connectivity index (χ0v) is 15.5. The summed E-state index contributed by atoms with van der Waals surface area (Å²) in [4.78, 5) is 3.65. The summed E-state index contributed by atoms with van der Waals surface area (Å²) in [7, 11) is -3.76. The monoisotopic (exact) mass is 379 g/mol. The molecule has 0 spiro atoms. The molecule has 2 aromatic carbocycles. The van der Waals surface area contributed by atoms with E-state index in [2.05, 4.69) is 10.3 Å². The molecule has 0 aliphatic heterocycles. The average Bonchev–Trinajstić information content (AvgIpc) is 2.56. The number of nitrogens with two attached hydrogens (primary N) is 1. The van der Waals surface area contributed by atoms with E-state index in [-0.39, 0.29) is 29.3 Å². The molecule has 0 aliphatic carbocycles. The first-order chi connectivity index (χ1) is 12.3. The summed E-state index contributed by atoms with van der Waals surface area (Å²) >= 11 is 0. The lowest BCUT2D eigenvalue weighted by Crippen LogP contribution is -2.24. The van der Waals surface area contributed by atoms with Crippen LogP contribution in [0.3, 0.4) is 0 Å². The number of nitrogens with zero attached hydrogens (tertiary/aromatic N) is 1. The van der Waals surface area contributed by atoms with Crippen LogP contribution in [0.1, 0.15) is 13.8 Å². The molecule has 0 heterocycles. The van der Waals surface area contributed by atoms with Crippen LogP contribution >= 0.6 is 0 Å². The molecule has 0 fully saturated rings. The van der Waals surface area contributed by atoms with Crippen molar-refractivity contribution in [2.24, 2.45) is 10.7 Å². The fraction of sp³-hybridized carbons (Fsp3) is 0.278. The first-order valence-electron chi connectivity index (χ1n) is 8.09. The molecule has 0 aliphatic rings. The summed E-state index contributed by atoms with van der Waals surface area (Å²) in [6.45, 7) is 3.79. The molecular formula is C18H22FN3O3S. The van der Waals surface area contributed by atoms with Crippen LogP contribution in [-0.4, -0.2) is 32.8 Å². The molecule has 0 saturated carbocycles. The van der Waals surface area contributed by atoms with Crippen LogP contribution in [0.2, 0.25) is 0 Å². The standard InChI is InChI=1S/C18H22FN3O3S/c1-13(2)25-15-9-7-14(8-10-15)22-18(20)21-11-12-26(23,24)17-6-4-3-5-16(17)19/h3-10,13H,11-12H2,1-2H3,(H3,20,21,22). The van der Waals surface area contributed by atoms with Gasteiger partial charge < -0.3 is 15.8 Å². The second kappa shape index (κ2) is 8.66. The first-order valence-corrected chi connectivity index (χ1v) is 9.74. The van der Waals surface area contributed by atoms with Gasteiger partial charge in [-0.25, -0.2) is 12.8 Å². The van der Waals surface area contributed by atoms with Crippen LogP contribution in [0, 0.1) is 5.82 Å². The predicted molar refractivity (Wildman–Crippen MR) is 101 cm³/mol. The third kappa shape index (κ3) is 5.73. The van der Waals surface area contributed by atoms with Gasteiger partial charge in [0.05, 0.1) is 18.4 Å². The topological polar surface area (TPSA) is 93.8 Å². The zero-order chi connectivity index (χ0) is 19.2. The van der Waals surface area contributed by atoms with E-state index in [4.69, 9.17) is 10.5 Å². The molecule has 0 aromatic heterocycles. The van der Waals surface area contributed by atoms with Crippen molar-refractivity contribution in [2.45, 2.75) is 24.8 Å². The third-order valence-electron chi connectivity index (χ3n) is 3.31. The Morgan fingerprint density at radius 3 is 2.46 bits per heavy atom. The summed E-state index contributed by atoms with van der Waals surface area (Å²) in [6.07, 6.45) is 0.0804. The molecule has 2 aromatic rings. The van der Waals surface area contributed by atoms with Crippen molar-refractivity contribution in [3.63, 3.8) is 0 Å². The fourth-order valence-electron chi connectivity index (χ4n) is 2.17. The number of sulfone groups is 1. The molecule has 6 nitrogen and oxygen atoms in total. The van der Waals surface area contributed by atoms with E-state index in [9.17, 15) is 12.8 Å². The number of halogens is 1. The number of benzene rings is 2. The van der Waals surface area contributed by atoms with Gasteiger partial charge in [-0.05, 0) is 50.2 Å². The largest absolute Gasteiger partial charge is 0.491 e. The van der Waals surface area contributed by atoms with Crippen molar-refractivity contribution in [3.8, 4) is 5.75 Å². The Hall–Kier alpha value is -2.61. The maximum atomic E-state index is 13.6. The summed E-state index contributed by atoms with van der Waals surface area (Å²) in [5.74, 6) is -0.299. The van der Waals surface area contributed by atoms with Crippen LogP contribution in [0.4, 0.5) is 10.1 Å². The second-order valence-corrected chi connectivity index (χ2v) is 7.91. The Kier molecular flexibility index (Phi) is 6.57. The highest BCUT2D eigenvalue weighted by Crippen LogP contribution is 2.17. The molecule has 2 rings (SSSR count). The Labute approximate surface area is 152 Å². The van der Waals surface area contributed by atoms with E-state index < -0.39 is 15.7 Å². The van der Waals surface area contributed by atoms with Crippen LogP contribution in [0.25, 0.3) is 0 Å². The minimum atomic E-state index is -3.76. The lowest BCUT2D eigenvalue weighted by molar-refractivity contribution is 0.242. The number of guanidine groups is 1. The maximum Gasteiger partial charge on any atom is 0.193 e. The van der Waals surface area contributed by atoms with Crippen molar-refractivity contribution in [1.29, 1.82) is 0 Å². The second-order valence-electron chi connectivity index (χ2n) is 5.83. The third-order valence-corrected chi connectivity index (χ3v) is 5.03. The summed E-state index contributed by atoms with van der Waals surface area (Å²) in [5, 5.41) is 2.86.